The first kappa shape index (κ1) is 12.0. The van der Waals surface area contributed by atoms with Crippen molar-refractivity contribution in [3.8, 4) is 0 Å². The topological polar surface area (TPSA) is 68.0 Å². The Bertz CT molecular complexity index is 561. The molecule has 2 aromatic rings. The van der Waals surface area contributed by atoms with Gasteiger partial charge in [0.1, 0.15) is 5.82 Å². The van der Waals surface area contributed by atoms with Crippen LogP contribution in [0.3, 0.4) is 0 Å². The van der Waals surface area contributed by atoms with Gasteiger partial charge in [-0.3, -0.25) is 9.78 Å². The zero-order chi connectivity index (χ0) is 13.1. The monoisotopic (exact) mass is 245 g/mol. The molecule has 1 aromatic heterocycles. The van der Waals surface area contributed by atoms with E-state index in [0.717, 1.165) is 5.69 Å². The summed E-state index contributed by atoms with van der Waals surface area (Å²) < 4.78 is 13.1. The number of nitrogens with one attached hydrogen (secondary N) is 1. The number of carbonyl (C=O) groups is 1. The molecule has 0 saturated carbocycles. The summed E-state index contributed by atoms with van der Waals surface area (Å²) >= 11 is 0. The number of nitrogens with two attached hydrogens (primary N) is 1. The Balaban J connectivity index is 2.18. The van der Waals surface area contributed by atoms with E-state index in [1.165, 1.54) is 24.4 Å². The zero-order valence-corrected chi connectivity index (χ0v) is 9.77. The summed E-state index contributed by atoms with van der Waals surface area (Å²) in [5, 5.41) is 2.56. The normalized spacial score (nSPS) is 10.1. The fourth-order valence-electron chi connectivity index (χ4n) is 1.49. The second kappa shape index (κ2) is 4.83. The van der Waals surface area contributed by atoms with E-state index in [2.05, 4.69) is 10.3 Å². The lowest BCUT2D eigenvalue weighted by Crippen LogP contribution is -2.12. The fourth-order valence-corrected chi connectivity index (χ4v) is 1.49. The molecule has 2 rings (SSSR count). The lowest BCUT2D eigenvalue weighted by atomic mass is 10.2. The maximum atomic E-state index is 13.1. The van der Waals surface area contributed by atoms with Gasteiger partial charge in [0.15, 0.2) is 0 Å². The van der Waals surface area contributed by atoms with E-state index in [0.29, 0.717) is 11.3 Å². The van der Waals surface area contributed by atoms with Gasteiger partial charge in [0.05, 0.1) is 5.56 Å². The van der Waals surface area contributed by atoms with Gasteiger partial charge in [-0.2, -0.15) is 0 Å². The third-order valence-corrected chi connectivity index (χ3v) is 2.35. The average molecular weight is 245 g/mol. The quantitative estimate of drug-likeness (QED) is 0.798. The lowest BCUT2D eigenvalue weighted by Gasteiger charge is -2.06. The van der Waals surface area contributed by atoms with Gasteiger partial charge >= 0.3 is 0 Å². The molecule has 0 aliphatic heterocycles. The summed E-state index contributed by atoms with van der Waals surface area (Å²) in [4.78, 5) is 15.9. The predicted molar refractivity (Wildman–Crippen MR) is 67.7 cm³/mol. The molecule has 1 amide bonds. The van der Waals surface area contributed by atoms with E-state index >= 15 is 0 Å². The third-order valence-electron chi connectivity index (χ3n) is 2.35. The largest absolute Gasteiger partial charge is 0.399 e. The molecule has 0 aliphatic rings. The summed E-state index contributed by atoms with van der Waals surface area (Å²) in [6, 6.07) is 7.26. The van der Waals surface area contributed by atoms with Crippen LogP contribution in [0.4, 0.5) is 15.8 Å². The van der Waals surface area contributed by atoms with Crippen molar-refractivity contribution in [3.05, 3.63) is 53.6 Å². The summed E-state index contributed by atoms with van der Waals surface area (Å²) in [6.45, 7) is 1.83. The number of rotatable bonds is 2. The Morgan fingerprint density at radius 3 is 2.72 bits per heavy atom. The van der Waals surface area contributed by atoms with Crippen LogP contribution < -0.4 is 11.1 Å². The smallest absolute Gasteiger partial charge is 0.257 e. The van der Waals surface area contributed by atoms with Gasteiger partial charge in [-0.1, -0.05) is 0 Å². The number of aryl methyl sites for hydroxylation is 1. The summed E-state index contributed by atoms with van der Waals surface area (Å²) in [5.74, 6) is -0.847. The molecule has 0 unspecified atom stereocenters. The molecule has 0 aliphatic carbocycles. The number of nitrogen functional groups attached to an aromatic ring is 1. The van der Waals surface area contributed by atoms with E-state index in [4.69, 9.17) is 5.73 Å². The minimum atomic E-state index is -0.493. The molecule has 18 heavy (non-hydrogen) atoms. The molecule has 0 spiro atoms. The van der Waals surface area contributed by atoms with Crippen LogP contribution in [-0.2, 0) is 0 Å². The predicted octanol–water partition coefficient (Wildman–Crippen LogP) is 2.36. The van der Waals surface area contributed by atoms with Crippen LogP contribution in [0.25, 0.3) is 0 Å². The second-order valence-corrected chi connectivity index (χ2v) is 3.92. The molecule has 0 atom stereocenters. The molecule has 4 nitrogen and oxygen atoms in total. The number of hydrogen-bond donors (Lipinski definition) is 2. The SMILES string of the molecule is Cc1ccc(C(=O)Nc2cc(N)cc(F)c2)cn1. The number of benzene rings is 1. The first-order valence-corrected chi connectivity index (χ1v) is 5.34. The molecule has 5 heteroatoms. The number of aromatic nitrogens is 1. The first-order valence-electron chi connectivity index (χ1n) is 5.34. The van der Waals surface area contributed by atoms with Gasteiger partial charge in [-0.25, -0.2) is 4.39 Å². The number of carbonyl (C=O) groups excluding carboxylic acids is 1. The highest BCUT2D eigenvalue weighted by atomic mass is 19.1. The molecule has 0 saturated heterocycles. The molecule has 3 N–H and O–H groups in total. The first-order chi connectivity index (χ1) is 8.54. The Morgan fingerprint density at radius 2 is 2.11 bits per heavy atom. The summed E-state index contributed by atoms with van der Waals surface area (Å²) in [7, 11) is 0. The highest BCUT2D eigenvalue weighted by Gasteiger charge is 2.07. The Labute approximate surface area is 104 Å². The van der Waals surface area contributed by atoms with E-state index in [9.17, 15) is 9.18 Å². The van der Waals surface area contributed by atoms with Crippen LogP contribution in [-0.4, -0.2) is 10.9 Å². The minimum absolute atomic E-state index is 0.257. The molecule has 0 bridgehead atoms. The van der Waals surface area contributed by atoms with Gasteiger partial charge in [0, 0.05) is 23.3 Å². The van der Waals surface area contributed by atoms with Crippen LogP contribution in [0.2, 0.25) is 0 Å². The Hall–Kier alpha value is -2.43. The lowest BCUT2D eigenvalue weighted by molar-refractivity contribution is 0.102. The van der Waals surface area contributed by atoms with Gasteiger partial charge < -0.3 is 11.1 Å². The number of nitrogens with zero attached hydrogens (tertiary/aromatic N) is 1. The molecule has 92 valence electrons. The van der Waals surface area contributed by atoms with Crippen molar-refractivity contribution in [3.63, 3.8) is 0 Å². The van der Waals surface area contributed by atoms with E-state index in [1.54, 1.807) is 12.1 Å². The standard InChI is InChI=1S/C13H12FN3O/c1-8-2-3-9(7-16-8)13(18)17-12-5-10(14)4-11(15)6-12/h2-7H,15H2,1H3,(H,17,18). The van der Waals surface area contributed by atoms with Gasteiger partial charge in [0.25, 0.3) is 5.91 Å². The molecule has 0 radical (unpaired) electrons. The number of pyridine rings is 1. The molecular formula is C13H12FN3O. The van der Waals surface area contributed by atoms with E-state index in [-0.39, 0.29) is 11.6 Å². The number of anilines is 2. The van der Waals surface area contributed by atoms with Crippen molar-refractivity contribution < 1.29 is 9.18 Å². The van der Waals surface area contributed by atoms with Crippen molar-refractivity contribution in [1.82, 2.24) is 4.98 Å². The maximum absolute atomic E-state index is 13.1. The zero-order valence-electron chi connectivity index (χ0n) is 9.77. The van der Waals surface area contributed by atoms with Crippen LogP contribution in [0.5, 0.6) is 0 Å². The summed E-state index contributed by atoms with van der Waals surface area (Å²) in [6.07, 6.45) is 1.47. The van der Waals surface area contributed by atoms with Crippen LogP contribution in [0, 0.1) is 12.7 Å². The van der Waals surface area contributed by atoms with Crippen molar-refractivity contribution in [2.24, 2.45) is 0 Å². The maximum Gasteiger partial charge on any atom is 0.257 e. The minimum Gasteiger partial charge on any atom is -0.399 e. The average Bonchev–Trinajstić information content (AvgIpc) is 2.28. The van der Waals surface area contributed by atoms with Crippen LogP contribution in [0.15, 0.2) is 36.5 Å². The number of amides is 1. The van der Waals surface area contributed by atoms with Crippen molar-refractivity contribution in [2.75, 3.05) is 11.1 Å². The van der Waals surface area contributed by atoms with Crippen LogP contribution >= 0.6 is 0 Å². The fraction of sp³-hybridized carbons (Fsp3) is 0.0769. The second-order valence-electron chi connectivity index (χ2n) is 3.92. The van der Waals surface area contributed by atoms with Crippen LogP contribution in [0.1, 0.15) is 16.1 Å². The molecule has 1 heterocycles. The molecule has 1 aromatic carbocycles. The van der Waals surface area contributed by atoms with E-state index < -0.39 is 5.82 Å². The Morgan fingerprint density at radius 1 is 1.33 bits per heavy atom. The third kappa shape index (κ3) is 2.82. The summed E-state index contributed by atoms with van der Waals surface area (Å²) in [5.41, 5.74) is 7.29. The highest BCUT2D eigenvalue weighted by molar-refractivity contribution is 6.04. The molecule has 0 fully saturated rings. The van der Waals surface area contributed by atoms with E-state index in [1.807, 2.05) is 6.92 Å². The van der Waals surface area contributed by atoms with Gasteiger partial charge in [0.2, 0.25) is 0 Å². The molecular weight excluding hydrogens is 233 g/mol. The van der Waals surface area contributed by atoms with Gasteiger partial charge in [-0.15, -0.1) is 0 Å². The number of hydrogen-bond acceptors (Lipinski definition) is 3. The van der Waals surface area contributed by atoms with Crippen molar-refractivity contribution in [2.45, 2.75) is 6.92 Å². The number of halogens is 1. The van der Waals surface area contributed by atoms with Crippen molar-refractivity contribution in [1.29, 1.82) is 0 Å². The highest BCUT2D eigenvalue weighted by Crippen LogP contribution is 2.16. The van der Waals surface area contributed by atoms with Crippen molar-refractivity contribution >= 4 is 17.3 Å². The Kier molecular flexibility index (Phi) is 3.23. The van der Waals surface area contributed by atoms with Gasteiger partial charge in [-0.05, 0) is 37.3 Å².